The van der Waals surface area contributed by atoms with E-state index < -0.39 is 10.0 Å². The maximum Gasteiger partial charge on any atom is 0.242 e. The first-order valence-electron chi connectivity index (χ1n) is 7.76. The Morgan fingerprint density at radius 1 is 1.38 bits per heavy atom. The van der Waals surface area contributed by atoms with Crippen molar-refractivity contribution in [2.75, 3.05) is 13.1 Å². The molecule has 2 aliphatic rings. The summed E-state index contributed by atoms with van der Waals surface area (Å²) in [6, 6.07) is 0. The molecule has 118 valence electrons. The molecule has 0 unspecified atom stereocenters. The number of hydrogen-bond acceptors (Lipinski definition) is 4. The molecular weight excluding hydrogens is 304 g/mol. The van der Waals surface area contributed by atoms with Crippen LogP contribution in [0.25, 0.3) is 0 Å². The Morgan fingerprint density at radius 3 is 2.67 bits per heavy atom. The molecule has 1 aromatic rings. The Kier molecular flexibility index (Phi) is 4.16. The number of rotatable bonds is 8. The van der Waals surface area contributed by atoms with E-state index in [-0.39, 0.29) is 0 Å². The van der Waals surface area contributed by atoms with Gasteiger partial charge in [-0.25, -0.2) is 13.1 Å². The third-order valence-electron chi connectivity index (χ3n) is 4.74. The number of nitrogens with one attached hydrogen (secondary N) is 2. The van der Waals surface area contributed by atoms with Crippen LogP contribution < -0.4 is 10.0 Å². The van der Waals surface area contributed by atoms with E-state index >= 15 is 0 Å². The Morgan fingerprint density at radius 2 is 2.10 bits per heavy atom. The summed E-state index contributed by atoms with van der Waals surface area (Å²) in [6.07, 6.45) is 4.94. The van der Waals surface area contributed by atoms with Crippen molar-refractivity contribution in [3.8, 4) is 0 Å². The van der Waals surface area contributed by atoms with Crippen LogP contribution in [0.3, 0.4) is 0 Å². The molecule has 1 aromatic heterocycles. The third kappa shape index (κ3) is 3.18. The van der Waals surface area contributed by atoms with Gasteiger partial charge >= 0.3 is 0 Å². The fourth-order valence-corrected chi connectivity index (χ4v) is 6.02. The van der Waals surface area contributed by atoms with Crippen molar-refractivity contribution in [3.63, 3.8) is 0 Å². The standard InChI is InChI=1S/C15H24N2O2S2/c1-3-16-8-13-14(11(2)9-20-13)21(18,19)17-10-15(6-7-15)12-4-5-12/h9,12,16-17H,3-8,10H2,1-2H3. The first-order valence-corrected chi connectivity index (χ1v) is 10.1. The summed E-state index contributed by atoms with van der Waals surface area (Å²) in [5.74, 6) is 0.769. The topological polar surface area (TPSA) is 58.2 Å². The molecule has 1 heterocycles. The van der Waals surface area contributed by atoms with Crippen LogP contribution in [0.5, 0.6) is 0 Å². The molecule has 2 aliphatic carbocycles. The van der Waals surface area contributed by atoms with E-state index in [1.54, 1.807) is 0 Å². The van der Waals surface area contributed by atoms with E-state index in [0.29, 0.717) is 23.4 Å². The molecule has 2 fully saturated rings. The molecule has 0 atom stereocenters. The van der Waals surface area contributed by atoms with Crippen molar-refractivity contribution in [2.24, 2.45) is 11.3 Å². The fraction of sp³-hybridized carbons (Fsp3) is 0.733. The number of hydrogen-bond donors (Lipinski definition) is 2. The quantitative estimate of drug-likeness (QED) is 0.771. The summed E-state index contributed by atoms with van der Waals surface area (Å²) < 4.78 is 28.3. The van der Waals surface area contributed by atoms with E-state index in [2.05, 4.69) is 10.0 Å². The van der Waals surface area contributed by atoms with E-state index in [0.717, 1.165) is 22.9 Å². The van der Waals surface area contributed by atoms with Gasteiger partial charge in [0.2, 0.25) is 10.0 Å². The van der Waals surface area contributed by atoms with Crippen molar-refractivity contribution in [1.29, 1.82) is 0 Å². The van der Waals surface area contributed by atoms with Crippen molar-refractivity contribution < 1.29 is 8.42 Å². The number of aryl methyl sites for hydroxylation is 1. The van der Waals surface area contributed by atoms with Gasteiger partial charge < -0.3 is 5.32 Å². The zero-order valence-corrected chi connectivity index (χ0v) is 14.4. The molecule has 0 amide bonds. The van der Waals surface area contributed by atoms with Gasteiger partial charge in [0, 0.05) is 18.0 Å². The van der Waals surface area contributed by atoms with E-state index in [1.807, 2.05) is 19.2 Å². The predicted octanol–water partition coefficient (Wildman–Crippen LogP) is 2.63. The largest absolute Gasteiger partial charge is 0.312 e. The van der Waals surface area contributed by atoms with Gasteiger partial charge in [0.05, 0.1) is 0 Å². The monoisotopic (exact) mass is 328 g/mol. The van der Waals surface area contributed by atoms with Crippen LogP contribution in [0, 0.1) is 18.3 Å². The van der Waals surface area contributed by atoms with Gasteiger partial charge in [-0.15, -0.1) is 11.3 Å². The Labute approximate surface area is 131 Å². The number of sulfonamides is 1. The Hall–Kier alpha value is -0.430. The van der Waals surface area contributed by atoms with Crippen LogP contribution in [0.15, 0.2) is 10.3 Å². The van der Waals surface area contributed by atoms with E-state index in [4.69, 9.17) is 0 Å². The fourth-order valence-electron chi connectivity index (χ4n) is 3.11. The van der Waals surface area contributed by atoms with Crippen LogP contribution in [0.1, 0.15) is 43.0 Å². The highest BCUT2D eigenvalue weighted by Crippen LogP contribution is 2.60. The minimum atomic E-state index is -3.39. The predicted molar refractivity (Wildman–Crippen MR) is 86.0 cm³/mol. The average Bonchev–Trinajstić information content (AvgIpc) is 3.32. The van der Waals surface area contributed by atoms with Crippen LogP contribution in [-0.2, 0) is 16.6 Å². The molecule has 0 aliphatic heterocycles. The van der Waals surface area contributed by atoms with Gasteiger partial charge in [-0.1, -0.05) is 6.92 Å². The van der Waals surface area contributed by atoms with E-state index in [9.17, 15) is 8.42 Å². The van der Waals surface area contributed by atoms with Crippen molar-refractivity contribution in [1.82, 2.24) is 10.0 Å². The second kappa shape index (κ2) is 5.65. The summed E-state index contributed by atoms with van der Waals surface area (Å²) >= 11 is 1.53. The summed E-state index contributed by atoms with van der Waals surface area (Å²) in [4.78, 5) is 1.41. The summed E-state index contributed by atoms with van der Waals surface area (Å²) in [6.45, 7) is 6.00. The van der Waals surface area contributed by atoms with Crippen LogP contribution in [0.4, 0.5) is 0 Å². The van der Waals surface area contributed by atoms with Crippen molar-refractivity contribution >= 4 is 21.4 Å². The molecule has 0 radical (unpaired) electrons. The molecule has 0 aromatic carbocycles. The first kappa shape index (κ1) is 15.5. The molecule has 3 rings (SSSR count). The molecule has 2 saturated carbocycles. The zero-order chi connectivity index (χ0) is 15.1. The smallest absolute Gasteiger partial charge is 0.242 e. The lowest BCUT2D eigenvalue weighted by molar-refractivity contribution is 0.431. The summed E-state index contributed by atoms with van der Waals surface area (Å²) in [5, 5.41) is 5.16. The first-order chi connectivity index (χ1) is 9.98. The lowest BCUT2D eigenvalue weighted by atomic mass is 10.0. The molecule has 0 spiro atoms. The lowest BCUT2D eigenvalue weighted by Crippen LogP contribution is -2.32. The SMILES string of the molecule is CCNCc1scc(C)c1S(=O)(=O)NCC1(C2CC2)CC1. The minimum Gasteiger partial charge on any atom is -0.312 e. The van der Waals surface area contributed by atoms with Crippen LogP contribution in [0.2, 0.25) is 0 Å². The van der Waals surface area contributed by atoms with Gasteiger partial charge in [-0.3, -0.25) is 0 Å². The van der Waals surface area contributed by atoms with Gasteiger partial charge in [-0.2, -0.15) is 0 Å². The van der Waals surface area contributed by atoms with Crippen LogP contribution in [-0.4, -0.2) is 21.5 Å². The maximum atomic E-state index is 12.7. The van der Waals surface area contributed by atoms with Crippen molar-refractivity contribution in [2.45, 2.75) is 51.0 Å². The molecule has 6 heteroatoms. The van der Waals surface area contributed by atoms with E-state index in [1.165, 1.54) is 37.0 Å². The molecule has 2 N–H and O–H groups in total. The minimum absolute atomic E-state index is 0.291. The zero-order valence-electron chi connectivity index (χ0n) is 12.7. The van der Waals surface area contributed by atoms with Gasteiger partial charge in [0.25, 0.3) is 0 Å². The Bertz CT molecular complexity index is 614. The highest BCUT2D eigenvalue weighted by atomic mass is 32.2. The molecule has 21 heavy (non-hydrogen) atoms. The highest BCUT2D eigenvalue weighted by molar-refractivity contribution is 7.89. The molecular formula is C15H24N2O2S2. The highest BCUT2D eigenvalue weighted by Gasteiger charge is 2.53. The Balaban J connectivity index is 1.73. The second-order valence-electron chi connectivity index (χ2n) is 6.41. The number of thiophene rings is 1. The lowest BCUT2D eigenvalue weighted by Gasteiger charge is -2.16. The summed E-state index contributed by atoms with van der Waals surface area (Å²) in [7, 11) is -3.39. The van der Waals surface area contributed by atoms with Gasteiger partial charge in [-0.05, 0) is 61.4 Å². The maximum absolute atomic E-state index is 12.7. The molecule has 0 saturated heterocycles. The third-order valence-corrected chi connectivity index (χ3v) is 7.61. The normalized spacial score (nSPS) is 20.7. The van der Waals surface area contributed by atoms with Crippen LogP contribution >= 0.6 is 11.3 Å². The second-order valence-corrected chi connectivity index (χ2v) is 9.08. The molecule has 0 bridgehead atoms. The van der Waals surface area contributed by atoms with Gasteiger partial charge in [0.1, 0.15) is 4.90 Å². The summed E-state index contributed by atoms with van der Waals surface area (Å²) in [5.41, 5.74) is 1.15. The van der Waals surface area contributed by atoms with Gasteiger partial charge in [0.15, 0.2) is 0 Å². The molecule has 4 nitrogen and oxygen atoms in total. The average molecular weight is 329 g/mol. The van der Waals surface area contributed by atoms with Crippen molar-refractivity contribution in [3.05, 3.63) is 15.8 Å².